The van der Waals surface area contributed by atoms with Gasteiger partial charge in [0.05, 0.1) is 16.4 Å². The van der Waals surface area contributed by atoms with E-state index in [1.165, 1.54) is 6.08 Å². The lowest BCUT2D eigenvalue weighted by Gasteiger charge is -2.42. The van der Waals surface area contributed by atoms with E-state index in [0.717, 1.165) is 11.3 Å². The van der Waals surface area contributed by atoms with E-state index in [2.05, 4.69) is 17.8 Å². The molecule has 4 N–H and O–H groups in total. The molecule has 10 nitrogen and oxygen atoms in total. The van der Waals surface area contributed by atoms with Crippen molar-refractivity contribution in [3.63, 3.8) is 0 Å². The molecule has 0 aromatic rings. The number of thioether (sulfide) groups is 1. The largest absolute Gasteiger partial charge is 0.478 e. The maximum absolute atomic E-state index is 13.1. The molecule has 2 saturated heterocycles. The normalized spacial score (nSPS) is 35.1. The Balaban J connectivity index is 1.43. The van der Waals surface area contributed by atoms with Crippen LogP contribution in [0.4, 0.5) is 0 Å². The van der Waals surface area contributed by atoms with Gasteiger partial charge < -0.3 is 16.0 Å². The van der Waals surface area contributed by atoms with Crippen LogP contribution in [0.1, 0.15) is 39.0 Å². The third-order valence-corrected chi connectivity index (χ3v) is 10.2. The third-order valence-electron chi connectivity index (χ3n) is 8.20. The number of ketones is 2. The summed E-state index contributed by atoms with van der Waals surface area (Å²) in [6, 6.07) is 0. The highest BCUT2D eigenvalue weighted by molar-refractivity contribution is 8.01. The molecule has 2 amide bonds. The molecule has 0 spiro atoms. The molecule has 6 atom stereocenters. The van der Waals surface area contributed by atoms with Gasteiger partial charge in [0.25, 0.3) is 5.91 Å². The summed E-state index contributed by atoms with van der Waals surface area (Å²) in [7, 11) is 0. The molecule has 2 heterocycles. The quantitative estimate of drug-likeness (QED) is 0.0791. The van der Waals surface area contributed by atoms with Crippen LogP contribution in [0, 0.1) is 29.6 Å². The number of allylic oxidation sites excluding steroid dienone is 1. The Hall–Kier alpha value is -2.44. The lowest BCUT2D eigenvalue weighted by Crippen LogP contribution is -2.49. The summed E-state index contributed by atoms with van der Waals surface area (Å²) in [5, 5.41) is 22.8. The minimum absolute atomic E-state index is 0.0000403. The van der Waals surface area contributed by atoms with Gasteiger partial charge in [0.2, 0.25) is 6.41 Å². The van der Waals surface area contributed by atoms with Gasteiger partial charge in [-0.2, -0.15) is 12.6 Å². The van der Waals surface area contributed by atoms with Crippen LogP contribution >= 0.6 is 24.4 Å². The number of Topliss-reactive ketones (excluding diaryl/α,β-unsaturated/α-hetero) is 2. The van der Waals surface area contributed by atoms with Crippen LogP contribution in [-0.2, 0) is 24.0 Å². The Kier molecular flexibility index (Phi) is 8.01. The molecule has 12 heteroatoms. The van der Waals surface area contributed by atoms with Gasteiger partial charge in [-0.15, -0.1) is 11.8 Å². The SMILES string of the molecule is CC1C(CCC(=O)/C(=N\O)C2CSC3(N)CC3C2)C(=O)C1/C(C(=O)O)=C(/C=C1\CCN(C=O)C1=O)CS. The molecule has 0 radical (unpaired) electrons. The van der Waals surface area contributed by atoms with Crippen molar-refractivity contribution in [1.29, 1.82) is 0 Å². The molecular formula is C25H31N3O7S2. The maximum atomic E-state index is 13.1. The second kappa shape index (κ2) is 10.7. The van der Waals surface area contributed by atoms with E-state index in [1.54, 1.807) is 18.7 Å². The van der Waals surface area contributed by atoms with Gasteiger partial charge in [-0.1, -0.05) is 12.1 Å². The number of carboxylic acids is 1. The number of amides is 2. The molecule has 4 fully saturated rings. The number of rotatable bonds is 10. The number of carbonyl (C=O) groups is 5. The van der Waals surface area contributed by atoms with E-state index in [1.807, 2.05) is 0 Å². The molecule has 2 aliphatic heterocycles. The van der Waals surface area contributed by atoms with Crippen molar-refractivity contribution in [3.8, 4) is 0 Å². The lowest BCUT2D eigenvalue weighted by molar-refractivity contribution is -0.145. The summed E-state index contributed by atoms with van der Waals surface area (Å²) in [4.78, 5) is 62.3. The number of nitrogens with zero attached hydrogens (tertiary/aromatic N) is 2. The number of fused-ring (bicyclic) bond motifs is 1. The van der Waals surface area contributed by atoms with Gasteiger partial charge >= 0.3 is 5.97 Å². The number of likely N-dealkylation sites (tertiary alicyclic amines) is 1. The molecule has 6 unspecified atom stereocenters. The van der Waals surface area contributed by atoms with Crippen molar-refractivity contribution in [2.24, 2.45) is 40.5 Å². The van der Waals surface area contributed by atoms with Crippen molar-refractivity contribution < 1.29 is 34.3 Å². The monoisotopic (exact) mass is 549 g/mol. The van der Waals surface area contributed by atoms with Gasteiger partial charge in [0.1, 0.15) is 11.5 Å². The molecule has 2 aliphatic carbocycles. The van der Waals surface area contributed by atoms with Crippen molar-refractivity contribution in [2.45, 2.75) is 43.9 Å². The molecule has 0 bridgehead atoms. The van der Waals surface area contributed by atoms with Crippen LogP contribution < -0.4 is 5.73 Å². The van der Waals surface area contributed by atoms with Crippen molar-refractivity contribution >= 4 is 60.0 Å². The molecule has 200 valence electrons. The first kappa shape index (κ1) is 27.6. The zero-order valence-corrected chi connectivity index (χ0v) is 22.2. The fraction of sp³-hybridized carbons (Fsp3) is 0.600. The maximum Gasteiger partial charge on any atom is 0.332 e. The van der Waals surface area contributed by atoms with E-state index in [4.69, 9.17) is 5.73 Å². The topological polar surface area (TPSA) is 167 Å². The molecule has 2 saturated carbocycles. The van der Waals surface area contributed by atoms with E-state index in [9.17, 15) is 34.3 Å². The first-order valence-corrected chi connectivity index (χ1v) is 13.9. The van der Waals surface area contributed by atoms with Crippen molar-refractivity contribution in [2.75, 3.05) is 18.1 Å². The second-order valence-electron chi connectivity index (χ2n) is 10.3. The lowest BCUT2D eigenvalue weighted by atomic mass is 9.59. The summed E-state index contributed by atoms with van der Waals surface area (Å²) in [5.74, 6) is -3.31. The Bertz CT molecular complexity index is 1130. The predicted molar refractivity (Wildman–Crippen MR) is 139 cm³/mol. The highest BCUT2D eigenvalue weighted by Gasteiger charge is 2.56. The Morgan fingerprint density at radius 2 is 2.08 bits per heavy atom. The van der Waals surface area contributed by atoms with Crippen molar-refractivity contribution in [3.05, 3.63) is 22.8 Å². The van der Waals surface area contributed by atoms with E-state index in [0.29, 0.717) is 36.5 Å². The summed E-state index contributed by atoms with van der Waals surface area (Å²) in [6.45, 7) is 1.99. The number of hydrogen-bond donors (Lipinski definition) is 4. The van der Waals surface area contributed by atoms with Gasteiger partial charge in [0, 0.05) is 41.9 Å². The van der Waals surface area contributed by atoms with Gasteiger partial charge in [-0.3, -0.25) is 24.1 Å². The molecule has 4 rings (SSSR count). The van der Waals surface area contributed by atoms with Crippen LogP contribution in [0.5, 0.6) is 0 Å². The average Bonchev–Trinajstić information content (AvgIpc) is 3.43. The zero-order chi connectivity index (χ0) is 27.1. The number of carboxylic acid groups (broad SMARTS) is 1. The number of thiol groups is 1. The number of nitrogens with two attached hydrogens (primary N) is 1. The van der Waals surface area contributed by atoms with E-state index >= 15 is 0 Å². The third kappa shape index (κ3) is 5.15. The molecule has 37 heavy (non-hydrogen) atoms. The summed E-state index contributed by atoms with van der Waals surface area (Å²) < 4.78 is 0. The fourth-order valence-electron chi connectivity index (χ4n) is 5.85. The van der Waals surface area contributed by atoms with Gasteiger partial charge in [0.15, 0.2) is 5.78 Å². The standard InChI is InChI=1S/C25H31N3O7S2/c1-12-17(2-3-18(30)21(27-35)15-7-16-8-25(16,26)37-10-15)22(31)19(12)20(24(33)34)14(9-36)6-13-4-5-28(11-29)23(13)32/h6,11-12,15-17,19,35-36H,2-5,7-10,26H2,1H3,(H,33,34)/b13-6+,20-14+,27-21-. The molecule has 4 aliphatic rings. The molecule has 0 aromatic carbocycles. The number of hydrogen-bond acceptors (Lipinski definition) is 10. The Morgan fingerprint density at radius 3 is 2.62 bits per heavy atom. The van der Waals surface area contributed by atoms with Crippen LogP contribution in [0.2, 0.25) is 0 Å². The first-order valence-electron chi connectivity index (χ1n) is 12.3. The highest BCUT2D eigenvalue weighted by atomic mass is 32.2. The fourth-order valence-corrected chi connectivity index (χ4v) is 7.57. The summed E-state index contributed by atoms with van der Waals surface area (Å²) >= 11 is 5.83. The summed E-state index contributed by atoms with van der Waals surface area (Å²) in [5.41, 5.74) is 6.76. The number of oxime groups is 1. The molecular weight excluding hydrogens is 518 g/mol. The number of aliphatic carboxylic acids is 1. The smallest absolute Gasteiger partial charge is 0.332 e. The average molecular weight is 550 g/mol. The van der Waals surface area contributed by atoms with Crippen LogP contribution in [-0.4, -0.2) is 73.7 Å². The predicted octanol–water partition coefficient (Wildman–Crippen LogP) is 1.67. The minimum Gasteiger partial charge on any atom is -0.478 e. The van der Waals surface area contributed by atoms with E-state index < -0.39 is 23.7 Å². The summed E-state index contributed by atoms with van der Waals surface area (Å²) in [6.07, 6.45) is 4.02. The highest BCUT2D eigenvalue weighted by Crippen LogP contribution is 2.57. The Labute approximate surface area is 224 Å². The Morgan fingerprint density at radius 1 is 1.35 bits per heavy atom. The number of carbonyl (C=O) groups excluding carboxylic acids is 4. The van der Waals surface area contributed by atoms with Gasteiger partial charge in [-0.25, -0.2) is 4.79 Å². The van der Waals surface area contributed by atoms with Gasteiger partial charge in [-0.05, 0) is 49.2 Å². The van der Waals surface area contributed by atoms with Crippen molar-refractivity contribution in [1.82, 2.24) is 4.90 Å². The van der Waals surface area contributed by atoms with Crippen LogP contribution in [0.3, 0.4) is 0 Å². The second-order valence-corrected chi connectivity index (χ2v) is 12.0. The molecule has 0 aromatic heterocycles. The van der Waals surface area contributed by atoms with Crippen LogP contribution in [0.15, 0.2) is 28.0 Å². The number of imide groups is 1. The van der Waals surface area contributed by atoms with Crippen LogP contribution in [0.25, 0.3) is 0 Å². The van der Waals surface area contributed by atoms with E-state index in [-0.39, 0.29) is 70.3 Å². The zero-order valence-electron chi connectivity index (χ0n) is 20.5. The minimum atomic E-state index is -1.26. The first-order chi connectivity index (χ1) is 17.6.